The highest BCUT2D eigenvalue weighted by atomic mass is 15.5. The van der Waals surface area contributed by atoms with E-state index in [1.54, 1.807) is 0 Å². The minimum absolute atomic E-state index is 0.113. The van der Waals surface area contributed by atoms with Crippen molar-refractivity contribution in [1.82, 2.24) is 16.3 Å². The molecule has 4 heteroatoms. The first-order valence-corrected chi connectivity index (χ1v) is 4.41. The van der Waals surface area contributed by atoms with Crippen LogP contribution in [0.3, 0.4) is 0 Å². The first kappa shape index (κ1) is 8.65. The van der Waals surface area contributed by atoms with E-state index < -0.39 is 0 Å². The van der Waals surface area contributed by atoms with Crippen molar-refractivity contribution in [3.05, 3.63) is 35.9 Å². The van der Waals surface area contributed by atoms with Crippen LogP contribution in [0.1, 0.15) is 11.5 Å². The largest absolute Gasteiger partial charge is 0.270 e. The molecule has 4 nitrogen and oxygen atoms in total. The smallest absolute Gasteiger partial charge is 0.0910 e. The van der Waals surface area contributed by atoms with Gasteiger partial charge in [-0.15, -0.1) is 0 Å². The van der Waals surface area contributed by atoms with E-state index >= 15 is 0 Å². The van der Waals surface area contributed by atoms with Crippen LogP contribution in [0, 0.1) is 0 Å². The lowest BCUT2D eigenvalue weighted by atomic mass is 9.98. The van der Waals surface area contributed by atoms with Gasteiger partial charge < -0.3 is 0 Å². The fraction of sp³-hybridized carbons (Fsp3) is 0.333. The average molecular weight is 178 g/mol. The molecule has 1 heterocycles. The summed E-state index contributed by atoms with van der Waals surface area (Å²) < 4.78 is 0. The Bertz CT molecular complexity index is 262. The molecular weight excluding hydrogens is 164 g/mol. The molecule has 1 aromatic rings. The van der Waals surface area contributed by atoms with Gasteiger partial charge in [0.05, 0.1) is 6.17 Å². The fourth-order valence-electron chi connectivity index (χ4n) is 1.67. The monoisotopic (exact) mass is 178 g/mol. The highest BCUT2D eigenvalue weighted by molar-refractivity contribution is 5.22. The first-order valence-electron chi connectivity index (χ1n) is 4.41. The Balaban J connectivity index is 2.16. The van der Waals surface area contributed by atoms with Gasteiger partial charge in [-0.25, -0.2) is 10.9 Å². The lowest BCUT2D eigenvalue weighted by Gasteiger charge is -2.17. The fourth-order valence-corrected chi connectivity index (χ4v) is 1.67. The molecule has 2 unspecified atom stereocenters. The van der Waals surface area contributed by atoms with Crippen molar-refractivity contribution in [2.24, 2.45) is 5.84 Å². The number of nitrogens with two attached hydrogens (primary N) is 1. The minimum atomic E-state index is 0.113. The van der Waals surface area contributed by atoms with Gasteiger partial charge in [0.1, 0.15) is 0 Å². The molecule has 5 N–H and O–H groups in total. The average Bonchev–Trinajstić information content (AvgIpc) is 2.67. The lowest BCUT2D eigenvalue weighted by Crippen LogP contribution is -2.46. The third kappa shape index (κ3) is 1.71. The Hall–Kier alpha value is -0.940. The molecule has 2 atom stereocenters. The summed E-state index contributed by atoms with van der Waals surface area (Å²) in [5.74, 6) is 5.80. The molecule has 1 aliphatic rings. The van der Waals surface area contributed by atoms with Crippen molar-refractivity contribution in [3.63, 3.8) is 0 Å². The number of benzene rings is 1. The number of hydrazine groups is 2. The number of hydrogen-bond donors (Lipinski definition) is 4. The molecule has 0 spiro atoms. The van der Waals surface area contributed by atoms with E-state index in [2.05, 4.69) is 28.4 Å². The zero-order valence-electron chi connectivity index (χ0n) is 7.33. The third-order valence-corrected chi connectivity index (χ3v) is 2.39. The Kier molecular flexibility index (Phi) is 2.56. The van der Waals surface area contributed by atoms with Crippen LogP contribution in [-0.4, -0.2) is 12.7 Å². The minimum Gasteiger partial charge on any atom is -0.270 e. The summed E-state index contributed by atoms with van der Waals surface area (Å²) in [6.07, 6.45) is 0.113. The summed E-state index contributed by atoms with van der Waals surface area (Å²) in [5, 5.41) is 0. The Morgan fingerprint density at radius 3 is 2.77 bits per heavy atom. The van der Waals surface area contributed by atoms with Gasteiger partial charge in [0.25, 0.3) is 0 Å². The van der Waals surface area contributed by atoms with Crippen molar-refractivity contribution < 1.29 is 0 Å². The van der Waals surface area contributed by atoms with Crippen molar-refractivity contribution in [2.75, 3.05) is 6.54 Å². The second kappa shape index (κ2) is 3.85. The molecule has 1 aromatic carbocycles. The Morgan fingerprint density at radius 1 is 1.31 bits per heavy atom. The number of rotatable bonds is 2. The normalized spacial score (nSPS) is 27.8. The van der Waals surface area contributed by atoms with Crippen LogP contribution in [-0.2, 0) is 0 Å². The molecule has 0 radical (unpaired) electrons. The second-order valence-electron chi connectivity index (χ2n) is 3.19. The van der Waals surface area contributed by atoms with Crippen molar-refractivity contribution in [1.29, 1.82) is 0 Å². The van der Waals surface area contributed by atoms with Gasteiger partial charge >= 0.3 is 0 Å². The summed E-state index contributed by atoms with van der Waals surface area (Å²) in [6.45, 7) is 0.902. The third-order valence-electron chi connectivity index (χ3n) is 2.39. The first-order chi connectivity index (χ1) is 6.42. The molecule has 0 aliphatic carbocycles. The van der Waals surface area contributed by atoms with Crippen LogP contribution in [0.2, 0.25) is 0 Å². The molecule has 0 aromatic heterocycles. The van der Waals surface area contributed by atoms with Crippen LogP contribution in [0.25, 0.3) is 0 Å². The lowest BCUT2D eigenvalue weighted by molar-refractivity contribution is 0.442. The topological polar surface area (TPSA) is 62.1 Å². The Morgan fingerprint density at radius 2 is 2.08 bits per heavy atom. The summed E-state index contributed by atoms with van der Waals surface area (Å²) in [5.41, 5.74) is 10.2. The van der Waals surface area contributed by atoms with E-state index in [4.69, 9.17) is 5.84 Å². The molecule has 2 rings (SSSR count). The zero-order chi connectivity index (χ0) is 9.10. The van der Waals surface area contributed by atoms with E-state index in [0.29, 0.717) is 5.92 Å². The van der Waals surface area contributed by atoms with Crippen LogP contribution in [0.4, 0.5) is 0 Å². The van der Waals surface area contributed by atoms with Gasteiger partial charge in [-0.1, -0.05) is 30.3 Å². The van der Waals surface area contributed by atoms with Crippen LogP contribution in [0.15, 0.2) is 30.3 Å². The van der Waals surface area contributed by atoms with E-state index in [9.17, 15) is 0 Å². The SMILES string of the molecule is NNC1NNCC1c1ccccc1. The van der Waals surface area contributed by atoms with Gasteiger partial charge in [0, 0.05) is 12.5 Å². The summed E-state index contributed by atoms with van der Waals surface area (Å²) in [6, 6.07) is 10.3. The molecular formula is C9H14N4. The predicted octanol–water partition coefficient (Wildman–Crippen LogP) is -0.333. The van der Waals surface area contributed by atoms with Gasteiger partial charge in [-0.05, 0) is 5.56 Å². The van der Waals surface area contributed by atoms with Gasteiger partial charge in [-0.2, -0.15) is 0 Å². The summed E-state index contributed by atoms with van der Waals surface area (Å²) in [7, 11) is 0. The van der Waals surface area contributed by atoms with Crippen molar-refractivity contribution >= 4 is 0 Å². The Labute approximate surface area is 77.5 Å². The van der Waals surface area contributed by atoms with E-state index in [-0.39, 0.29) is 6.17 Å². The van der Waals surface area contributed by atoms with Crippen LogP contribution >= 0.6 is 0 Å². The highest BCUT2D eigenvalue weighted by Crippen LogP contribution is 2.19. The summed E-state index contributed by atoms with van der Waals surface area (Å²) in [4.78, 5) is 0. The molecule has 1 saturated heterocycles. The van der Waals surface area contributed by atoms with Crippen LogP contribution < -0.4 is 22.1 Å². The van der Waals surface area contributed by atoms with Crippen molar-refractivity contribution in [3.8, 4) is 0 Å². The van der Waals surface area contributed by atoms with E-state index in [1.165, 1.54) is 5.56 Å². The second-order valence-corrected chi connectivity index (χ2v) is 3.19. The van der Waals surface area contributed by atoms with E-state index in [0.717, 1.165) is 6.54 Å². The molecule has 0 saturated carbocycles. The molecule has 0 amide bonds. The standard InChI is InChI=1S/C9H14N4/c10-12-9-8(6-11-13-9)7-4-2-1-3-5-7/h1-5,8-9,11-13H,6,10H2. The molecule has 70 valence electrons. The van der Waals surface area contributed by atoms with Gasteiger partial charge in [0.15, 0.2) is 0 Å². The maximum atomic E-state index is 5.41. The van der Waals surface area contributed by atoms with Crippen LogP contribution in [0.5, 0.6) is 0 Å². The number of nitrogens with one attached hydrogen (secondary N) is 3. The van der Waals surface area contributed by atoms with Gasteiger partial charge in [0.2, 0.25) is 0 Å². The molecule has 1 fully saturated rings. The molecule has 13 heavy (non-hydrogen) atoms. The number of hydrogen-bond acceptors (Lipinski definition) is 4. The zero-order valence-corrected chi connectivity index (χ0v) is 7.33. The van der Waals surface area contributed by atoms with Gasteiger partial charge in [-0.3, -0.25) is 11.3 Å². The highest BCUT2D eigenvalue weighted by Gasteiger charge is 2.26. The molecule has 1 aliphatic heterocycles. The van der Waals surface area contributed by atoms with E-state index in [1.807, 2.05) is 18.2 Å². The maximum Gasteiger partial charge on any atom is 0.0910 e. The predicted molar refractivity (Wildman–Crippen MR) is 51.4 cm³/mol. The molecule has 0 bridgehead atoms. The van der Waals surface area contributed by atoms with Crippen molar-refractivity contribution in [2.45, 2.75) is 12.1 Å². The summed E-state index contributed by atoms with van der Waals surface area (Å²) >= 11 is 0. The quantitative estimate of drug-likeness (QED) is 0.370. The maximum absolute atomic E-state index is 5.41.